The number of hydrogen-bond acceptors (Lipinski definition) is 1. The van der Waals surface area contributed by atoms with E-state index in [1.165, 1.54) is 109 Å². The Morgan fingerprint density at radius 3 is 1.81 bits per heavy atom. The number of anilines is 3. The van der Waals surface area contributed by atoms with Gasteiger partial charge in [-0.25, -0.2) is 0 Å². The molecule has 0 aliphatic heterocycles. The highest BCUT2D eigenvalue weighted by molar-refractivity contribution is 5.99. The van der Waals surface area contributed by atoms with E-state index in [9.17, 15) is 0 Å². The minimum Gasteiger partial charge on any atom is -0.310 e. The van der Waals surface area contributed by atoms with Crippen LogP contribution in [0.3, 0.4) is 0 Å². The fraction of sp³-hybridized carbons (Fsp3) is 0.179. The highest BCUT2D eigenvalue weighted by Crippen LogP contribution is 2.59. The summed E-state index contributed by atoms with van der Waals surface area (Å²) in [5, 5.41) is 2.48. The van der Waals surface area contributed by atoms with Crippen molar-refractivity contribution in [2.24, 2.45) is 11.8 Å². The van der Waals surface area contributed by atoms with Crippen molar-refractivity contribution in [1.82, 2.24) is 0 Å². The third-order valence-corrected chi connectivity index (χ3v) is 13.9. The van der Waals surface area contributed by atoms with Crippen molar-refractivity contribution >= 4 is 27.8 Å². The lowest BCUT2D eigenvalue weighted by Gasteiger charge is -2.35. The van der Waals surface area contributed by atoms with Gasteiger partial charge in [-0.05, 0) is 154 Å². The van der Waals surface area contributed by atoms with Crippen LogP contribution in [0.25, 0.3) is 33.0 Å². The summed E-state index contributed by atoms with van der Waals surface area (Å²) in [5.41, 5.74) is 17.5. The summed E-state index contributed by atoms with van der Waals surface area (Å²) in [6.07, 6.45) is 5.58. The van der Waals surface area contributed by atoms with Gasteiger partial charge in [0.15, 0.2) is 0 Å². The van der Waals surface area contributed by atoms with Gasteiger partial charge in [-0.3, -0.25) is 0 Å². The van der Waals surface area contributed by atoms with Crippen LogP contribution >= 0.6 is 0 Å². The van der Waals surface area contributed by atoms with Crippen LogP contribution in [0.4, 0.5) is 17.1 Å². The van der Waals surface area contributed by atoms with Gasteiger partial charge < -0.3 is 4.90 Å². The average Bonchev–Trinajstić information content (AvgIpc) is 3.98. The first-order valence-electron chi connectivity index (χ1n) is 20.9. The molecule has 8 aromatic rings. The number of aryl methyl sites for hydroxylation is 2. The van der Waals surface area contributed by atoms with Crippen LogP contribution in [-0.4, -0.2) is 0 Å². The van der Waals surface area contributed by atoms with Gasteiger partial charge in [0.1, 0.15) is 0 Å². The number of rotatable bonds is 7. The minimum absolute atomic E-state index is 0.491. The van der Waals surface area contributed by atoms with E-state index < -0.39 is 5.41 Å². The van der Waals surface area contributed by atoms with Crippen molar-refractivity contribution in [3.05, 3.63) is 221 Å². The molecule has 1 nitrogen and oxygen atoms in total. The van der Waals surface area contributed by atoms with Crippen LogP contribution in [0.2, 0.25) is 0 Å². The molecular formula is C56H47N. The van der Waals surface area contributed by atoms with Crippen LogP contribution in [-0.2, 0) is 5.41 Å². The van der Waals surface area contributed by atoms with E-state index in [1.807, 2.05) is 0 Å². The number of benzene rings is 8. The summed E-state index contributed by atoms with van der Waals surface area (Å²) in [7, 11) is 0. The second-order valence-electron chi connectivity index (χ2n) is 16.9. The fourth-order valence-corrected chi connectivity index (χ4v) is 11.3. The van der Waals surface area contributed by atoms with Crippen molar-refractivity contribution in [2.75, 3.05) is 4.90 Å². The molecule has 3 atom stereocenters. The molecule has 0 amide bonds. The van der Waals surface area contributed by atoms with Crippen molar-refractivity contribution in [1.29, 1.82) is 0 Å². The molecule has 1 heteroatoms. The van der Waals surface area contributed by atoms with Crippen LogP contribution in [0, 0.1) is 25.7 Å². The third kappa shape index (κ3) is 5.36. The zero-order valence-corrected chi connectivity index (χ0v) is 32.8. The van der Waals surface area contributed by atoms with Crippen LogP contribution in [0.5, 0.6) is 0 Å². The Balaban J connectivity index is 1.19. The normalized spacial score (nSPS) is 18.7. The lowest BCUT2D eigenvalue weighted by molar-refractivity contribution is 0.420. The maximum atomic E-state index is 2.55. The van der Waals surface area contributed by atoms with Gasteiger partial charge in [0, 0.05) is 16.9 Å². The summed E-state index contributed by atoms with van der Waals surface area (Å²) in [5.74, 6) is 2.45. The zero-order chi connectivity index (χ0) is 38.1. The molecule has 0 spiro atoms. The Bertz CT molecular complexity index is 2740. The number of fused-ring (bicyclic) bond motifs is 6. The first-order chi connectivity index (χ1) is 28.1. The quantitative estimate of drug-likeness (QED) is 0.158. The van der Waals surface area contributed by atoms with Gasteiger partial charge >= 0.3 is 0 Å². The molecule has 0 aromatic heterocycles. The van der Waals surface area contributed by atoms with Crippen molar-refractivity contribution in [3.8, 4) is 22.3 Å². The molecule has 276 valence electrons. The zero-order valence-electron chi connectivity index (χ0n) is 32.8. The van der Waals surface area contributed by atoms with Crippen molar-refractivity contribution in [2.45, 2.75) is 50.9 Å². The molecule has 2 fully saturated rings. The standard InChI is InChI=1S/C56H47N/c1-37-14-9-12-22-48(37)51-34-41-16-10-11-17-42(41)35-54(51)57(46-28-26-40(27-29-46)50-33-39-24-25-43(50)32-39)47-30-31-49-53(36-47)56(44-18-5-3-6-19-44,45-20-7-4-8-21-45)52-23-13-15-38(2)55(49)52/h3-23,26-31,34-36,39,43,50H,24-25,32-33H2,1-2H3. The predicted molar refractivity (Wildman–Crippen MR) is 239 cm³/mol. The van der Waals surface area contributed by atoms with Gasteiger partial charge in [-0.15, -0.1) is 0 Å². The van der Waals surface area contributed by atoms with Crippen LogP contribution in [0.15, 0.2) is 182 Å². The Morgan fingerprint density at radius 1 is 0.474 bits per heavy atom. The first-order valence-corrected chi connectivity index (χ1v) is 20.9. The first kappa shape index (κ1) is 34.1. The maximum Gasteiger partial charge on any atom is 0.0714 e. The monoisotopic (exact) mass is 733 g/mol. The molecule has 3 aliphatic carbocycles. The second-order valence-corrected chi connectivity index (χ2v) is 16.9. The van der Waals surface area contributed by atoms with E-state index >= 15 is 0 Å². The lowest BCUT2D eigenvalue weighted by atomic mass is 9.67. The summed E-state index contributed by atoms with van der Waals surface area (Å²) >= 11 is 0. The summed E-state index contributed by atoms with van der Waals surface area (Å²) < 4.78 is 0. The van der Waals surface area contributed by atoms with Crippen LogP contribution < -0.4 is 4.90 Å². The van der Waals surface area contributed by atoms with E-state index in [-0.39, 0.29) is 0 Å². The smallest absolute Gasteiger partial charge is 0.0714 e. The maximum absolute atomic E-state index is 2.55. The van der Waals surface area contributed by atoms with Crippen LogP contribution in [0.1, 0.15) is 70.5 Å². The molecule has 8 aromatic carbocycles. The minimum atomic E-state index is -0.491. The van der Waals surface area contributed by atoms with E-state index in [1.54, 1.807) is 0 Å². The highest BCUT2D eigenvalue weighted by Gasteiger charge is 2.47. The average molecular weight is 734 g/mol. The Labute approximate surface area is 337 Å². The largest absolute Gasteiger partial charge is 0.310 e. The molecule has 2 saturated carbocycles. The van der Waals surface area contributed by atoms with Gasteiger partial charge in [0.25, 0.3) is 0 Å². The van der Waals surface area contributed by atoms with Gasteiger partial charge in [0.05, 0.1) is 11.1 Å². The fourth-order valence-electron chi connectivity index (χ4n) is 11.3. The molecule has 3 aliphatic rings. The Morgan fingerprint density at radius 2 is 1.12 bits per heavy atom. The molecule has 57 heavy (non-hydrogen) atoms. The number of hydrogen-bond donors (Lipinski definition) is 0. The topological polar surface area (TPSA) is 3.24 Å². The predicted octanol–water partition coefficient (Wildman–Crippen LogP) is 14.9. The van der Waals surface area contributed by atoms with Crippen molar-refractivity contribution < 1.29 is 0 Å². The van der Waals surface area contributed by atoms with Gasteiger partial charge in [-0.1, -0.05) is 152 Å². The summed E-state index contributed by atoms with van der Waals surface area (Å²) in [6.45, 7) is 4.52. The van der Waals surface area contributed by atoms with Gasteiger partial charge in [0.2, 0.25) is 0 Å². The molecule has 0 saturated heterocycles. The second kappa shape index (κ2) is 13.5. The molecule has 0 radical (unpaired) electrons. The Kier molecular flexibility index (Phi) is 8.07. The number of nitrogens with zero attached hydrogens (tertiary/aromatic N) is 1. The third-order valence-electron chi connectivity index (χ3n) is 13.9. The molecule has 11 rings (SSSR count). The van der Waals surface area contributed by atoms with E-state index in [0.717, 1.165) is 17.5 Å². The molecule has 0 N–H and O–H groups in total. The van der Waals surface area contributed by atoms with E-state index in [4.69, 9.17) is 0 Å². The molecule has 2 bridgehead atoms. The molecule has 0 heterocycles. The van der Waals surface area contributed by atoms with E-state index in [2.05, 4.69) is 201 Å². The summed E-state index contributed by atoms with van der Waals surface area (Å²) in [4.78, 5) is 2.55. The lowest BCUT2D eigenvalue weighted by Crippen LogP contribution is -2.28. The summed E-state index contributed by atoms with van der Waals surface area (Å²) in [6, 6.07) is 68.8. The molecule has 3 unspecified atom stereocenters. The molecular weight excluding hydrogens is 687 g/mol. The van der Waals surface area contributed by atoms with E-state index in [0.29, 0.717) is 5.92 Å². The van der Waals surface area contributed by atoms with Gasteiger partial charge in [-0.2, -0.15) is 0 Å². The SMILES string of the molecule is Cc1ccccc1-c1cc2ccccc2cc1N(c1ccc(C2CC3CCC2C3)cc1)c1ccc2c(c1)C(c1ccccc1)(c1ccccc1)c1cccc(C)c1-2. The van der Waals surface area contributed by atoms with Crippen molar-refractivity contribution in [3.63, 3.8) is 0 Å². The Hall–Kier alpha value is -6.18. The highest BCUT2D eigenvalue weighted by atomic mass is 15.1.